The van der Waals surface area contributed by atoms with E-state index < -0.39 is 0 Å². The molecule has 0 saturated carbocycles. The highest BCUT2D eigenvalue weighted by Gasteiger charge is 2.09. The fourth-order valence-electron chi connectivity index (χ4n) is 2.51. The summed E-state index contributed by atoms with van der Waals surface area (Å²) in [6, 6.07) is 12.0. The van der Waals surface area contributed by atoms with Gasteiger partial charge in [0.1, 0.15) is 5.82 Å². The molecule has 7 heteroatoms. The van der Waals surface area contributed by atoms with Crippen LogP contribution in [0.3, 0.4) is 0 Å². The molecule has 0 aliphatic carbocycles. The number of hydrogen-bond acceptors (Lipinski definition) is 6. The number of halogens is 1. The number of nitrogens with one attached hydrogen (secondary N) is 2. The maximum atomic E-state index is 4.66. The Kier molecular flexibility index (Phi) is 6.36. The molecular weight excluding hydrogens is 404 g/mol. The summed E-state index contributed by atoms with van der Waals surface area (Å²) in [5.74, 6) is 1.32. The molecule has 0 unspecified atom stereocenters. The van der Waals surface area contributed by atoms with Crippen molar-refractivity contribution < 1.29 is 0 Å². The van der Waals surface area contributed by atoms with Gasteiger partial charge in [-0.3, -0.25) is 4.98 Å². The molecule has 0 bridgehead atoms. The number of rotatable bonds is 7. The minimum absolute atomic E-state index is 0.594. The van der Waals surface area contributed by atoms with Crippen LogP contribution in [0.25, 0.3) is 11.3 Å². The first-order valence-electron chi connectivity index (χ1n) is 8.72. The fraction of sp³-hybridized carbons (Fsp3) is 0.250. The Balaban J connectivity index is 1.91. The molecule has 140 valence electrons. The summed E-state index contributed by atoms with van der Waals surface area (Å²) in [5.41, 5.74) is 3.98. The molecule has 27 heavy (non-hydrogen) atoms. The third-order valence-corrected chi connectivity index (χ3v) is 4.59. The van der Waals surface area contributed by atoms with Crippen molar-refractivity contribution in [1.82, 2.24) is 19.9 Å². The van der Waals surface area contributed by atoms with Gasteiger partial charge in [-0.15, -0.1) is 0 Å². The number of likely N-dealkylation sites (N-methyl/N-ethyl adjacent to an activating group) is 1. The highest BCUT2D eigenvalue weighted by atomic mass is 79.9. The van der Waals surface area contributed by atoms with Crippen LogP contribution in [0, 0.1) is 6.92 Å². The minimum atomic E-state index is 0.594. The largest absolute Gasteiger partial charge is 0.353 e. The Morgan fingerprint density at radius 2 is 1.81 bits per heavy atom. The van der Waals surface area contributed by atoms with Gasteiger partial charge in [0.15, 0.2) is 0 Å². The Bertz CT molecular complexity index is 898. The van der Waals surface area contributed by atoms with Crippen LogP contribution in [-0.2, 0) is 0 Å². The van der Waals surface area contributed by atoms with Crippen molar-refractivity contribution in [2.75, 3.05) is 37.8 Å². The van der Waals surface area contributed by atoms with Crippen molar-refractivity contribution in [3.05, 3.63) is 58.8 Å². The highest BCUT2D eigenvalue weighted by molar-refractivity contribution is 9.10. The number of nitrogens with zero attached hydrogens (tertiary/aromatic N) is 4. The van der Waals surface area contributed by atoms with E-state index >= 15 is 0 Å². The van der Waals surface area contributed by atoms with Gasteiger partial charge < -0.3 is 15.5 Å². The van der Waals surface area contributed by atoms with Crippen LogP contribution in [0.4, 0.5) is 17.5 Å². The molecule has 0 saturated heterocycles. The molecule has 2 aromatic heterocycles. The molecule has 0 fully saturated rings. The van der Waals surface area contributed by atoms with Crippen LogP contribution in [0.1, 0.15) is 5.56 Å². The predicted octanol–water partition coefficient (Wildman–Crippen LogP) is 4.33. The van der Waals surface area contributed by atoms with Gasteiger partial charge in [-0.05, 0) is 66.8 Å². The van der Waals surface area contributed by atoms with Crippen molar-refractivity contribution >= 4 is 33.4 Å². The summed E-state index contributed by atoms with van der Waals surface area (Å²) < 4.78 is 0.994. The second kappa shape index (κ2) is 8.92. The van der Waals surface area contributed by atoms with Gasteiger partial charge in [0.25, 0.3) is 0 Å². The summed E-state index contributed by atoms with van der Waals surface area (Å²) >= 11 is 3.61. The Morgan fingerprint density at radius 1 is 1.04 bits per heavy atom. The Morgan fingerprint density at radius 3 is 2.52 bits per heavy atom. The lowest BCUT2D eigenvalue weighted by molar-refractivity contribution is 0.425. The van der Waals surface area contributed by atoms with Crippen molar-refractivity contribution in [2.24, 2.45) is 0 Å². The molecule has 0 radical (unpaired) electrons. The van der Waals surface area contributed by atoms with Crippen LogP contribution in [-0.4, -0.2) is 47.0 Å². The molecule has 3 aromatic rings. The Labute approximate surface area is 168 Å². The van der Waals surface area contributed by atoms with Gasteiger partial charge in [0.2, 0.25) is 5.95 Å². The molecule has 0 aliphatic rings. The molecule has 0 aliphatic heterocycles. The first-order valence-corrected chi connectivity index (χ1v) is 9.52. The lowest BCUT2D eigenvalue weighted by atomic mass is 10.2. The molecule has 2 heterocycles. The summed E-state index contributed by atoms with van der Waals surface area (Å²) in [4.78, 5) is 15.5. The van der Waals surface area contributed by atoms with E-state index in [-0.39, 0.29) is 0 Å². The van der Waals surface area contributed by atoms with Crippen molar-refractivity contribution in [3.8, 4) is 11.3 Å². The summed E-state index contributed by atoms with van der Waals surface area (Å²) in [6.07, 6.45) is 3.53. The average molecular weight is 427 g/mol. The van der Waals surface area contributed by atoms with Gasteiger partial charge in [-0.25, -0.2) is 4.98 Å². The number of benzene rings is 1. The van der Waals surface area contributed by atoms with Crippen molar-refractivity contribution in [3.63, 3.8) is 0 Å². The van der Waals surface area contributed by atoms with Crippen LogP contribution < -0.4 is 10.6 Å². The lowest BCUT2D eigenvalue weighted by Gasteiger charge is -2.14. The maximum Gasteiger partial charge on any atom is 0.225 e. The zero-order valence-electron chi connectivity index (χ0n) is 15.7. The number of pyridine rings is 1. The third-order valence-electron chi connectivity index (χ3n) is 3.93. The molecule has 3 rings (SSSR count). The lowest BCUT2D eigenvalue weighted by Crippen LogP contribution is -2.21. The quantitative estimate of drug-likeness (QED) is 0.585. The first-order chi connectivity index (χ1) is 13.0. The van der Waals surface area contributed by atoms with Crippen LogP contribution >= 0.6 is 15.9 Å². The smallest absolute Gasteiger partial charge is 0.225 e. The van der Waals surface area contributed by atoms with Gasteiger partial charge in [-0.1, -0.05) is 6.07 Å². The summed E-state index contributed by atoms with van der Waals surface area (Å²) in [7, 11) is 4.08. The van der Waals surface area contributed by atoms with Gasteiger partial charge in [-0.2, -0.15) is 4.98 Å². The number of hydrogen-bond donors (Lipinski definition) is 2. The fourth-order valence-corrected chi connectivity index (χ4v) is 3.10. The normalized spacial score (nSPS) is 10.9. The van der Waals surface area contributed by atoms with E-state index in [9.17, 15) is 0 Å². The van der Waals surface area contributed by atoms with E-state index in [2.05, 4.69) is 65.5 Å². The van der Waals surface area contributed by atoms with E-state index in [1.807, 2.05) is 38.4 Å². The number of aryl methyl sites for hydroxylation is 1. The summed E-state index contributed by atoms with van der Waals surface area (Å²) in [6.45, 7) is 3.73. The van der Waals surface area contributed by atoms with Gasteiger partial charge in [0, 0.05) is 41.6 Å². The van der Waals surface area contributed by atoms with Crippen molar-refractivity contribution in [2.45, 2.75) is 6.92 Å². The SMILES string of the molecule is Cc1ccc(Nc2cc(-c3ccncc3)nc(NCCN(C)C)n2)c(Br)c1. The number of aromatic nitrogens is 3. The zero-order chi connectivity index (χ0) is 19.2. The zero-order valence-corrected chi connectivity index (χ0v) is 17.3. The molecule has 0 spiro atoms. The average Bonchev–Trinajstić information content (AvgIpc) is 2.64. The summed E-state index contributed by atoms with van der Waals surface area (Å²) in [5, 5.41) is 6.69. The van der Waals surface area contributed by atoms with Crippen LogP contribution in [0.15, 0.2) is 53.3 Å². The molecule has 0 atom stereocenters. The molecular formula is C20H23BrN6. The van der Waals surface area contributed by atoms with E-state index in [0.29, 0.717) is 5.95 Å². The van der Waals surface area contributed by atoms with E-state index in [1.54, 1.807) is 12.4 Å². The van der Waals surface area contributed by atoms with E-state index in [4.69, 9.17) is 0 Å². The molecule has 6 nitrogen and oxygen atoms in total. The molecule has 1 aromatic carbocycles. The topological polar surface area (TPSA) is 66.0 Å². The monoisotopic (exact) mass is 426 g/mol. The predicted molar refractivity (Wildman–Crippen MR) is 114 cm³/mol. The highest BCUT2D eigenvalue weighted by Crippen LogP contribution is 2.28. The van der Waals surface area contributed by atoms with E-state index in [0.717, 1.165) is 40.3 Å². The van der Waals surface area contributed by atoms with E-state index in [1.165, 1.54) is 5.56 Å². The van der Waals surface area contributed by atoms with Gasteiger partial charge in [0.05, 0.1) is 11.4 Å². The van der Waals surface area contributed by atoms with Gasteiger partial charge >= 0.3 is 0 Å². The third kappa shape index (κ3) is 5.48. The first kappa shape index (κ1) is 19.3. The standard InChI is InChI=1S/C20H23BrN6/c1-14-4-5-17(16(21)12-14)24-19-13-18(15-6-8-22-9-7-15)25-20(26-19)23-10-11-27(2)3/h4-9,12-13H,10-11H2,1-3H3,(H2,23,24,25,26). The Hall–Kier alpha value is -2.51. The second-order valence-electron chi connectivity index (χ2n) is 6.54. The number of anilines is 3. The second-order valence-corrected chi connectivity index (χ2v) is 7.39. The maximum absolute atomic E-state index is 4.66. The van der Waals surface area contributed by atoms with Crippen LogP contribution in [0.5, 0.6) is 0 Å². The molecule has 2 N–H and O–H groups in total. The van der Waals surface area contributed by atoms with Crippen LogP contribution in [0.2, 0.25) is 0 Å². The minimum Gasteiger partial charge on any atom is -0.353 e. The molecule has 0 amide bonds. The van der Waals surface area contributed by atoms with Crippen molar-refractivity contribution in [1.29, 1.82) is 0 Å².